The van der Waals surface area contributed by atoms with Crippen molar-refractivity contribution in [3.8, 4) is 0 Å². The molecule has 2 atom stereocenters. The summed E-state index contributed by atoms with van der Waals surface area (Å²) in [6.45, 7) is 9.24. The van der Waals surface area contributed by atoms with Crippen molar-refractivity contribution in [3.63, 3.8) is 0 Å². The average molecular weight is 755 g/mol. The summed E-state index contributed by atoms with van der Waals surface area (Å²) < 4.78 is 2.22. The number of carbonyl (C=O) groups excluding carboxylic acids is 2. The molecule has 2 N–H and O–H groups in total. The number of nitrogens with zero attached hydrogens (tertiary/aromatic N) is 8. The van der Waals surface area contributed by atoms with Gasteiger partial charge in [0, 0.05) is 55.8 Å². The zero-order valence-electron chi connectivity index (χ0n) is 29.2. The maximum Gasteiger partial charge on any atom is 0.274 e. The number of aromatic nitrogens is 6. The van der Waals surface area contributed by atoms with Crippen LogP contribution in [-0.2, 0) is 0 Å². The Labute approximate surface area is 314 Å². The number of halogens is 1. The van der Waals surface area contributed by atoms with Gasteiger partial charge in [0.1, 0.15) is 0 Å². The highest BCUT2D eigenvalue weighted by Crippen LogP contribution is 2.33. The first-order chi connectivity index (χ1) is 25.2. The van der Waals surface area contributed by atoms with E-state index in [1.54, 1.807) is 36.0 Å². The van der Waals surface area contributed by atoms with Gasteiger partial charge in [-0.25, -0.2) is 19.9 Å². The fourth-order valence-corrected chi connectivity index (χ4v) is 8.40. The minimum Gasteiger partial charge on any atom is -0.348 e. The van der Waals surface area contributed by atoms with Crippen LogP contribution >= 0.6 is 34.3 Å². The molecule has 12 nitrogen and oxygen atoms in total. The molecule has 2 amide bonds. The third kappa shape index (κ3) is 7.98. The number of aryl methyl sites for hydroxylation is 1. The van der Waals surface area contributed by atoms with E-state index in [1.807, 2.05) is 67.1 Å². The first-order valence-corrected chi connectivity index (χ1v) is 19.4. The van der Waals surface area contributed by atoms with Crippen molar-refractivity contribution in [2.24, 2.45) is 0 Å². The highest BCUT2D eigenvalue weighted by Gasteiger charge is 2.27. The summed E-state index contributed by atoms with van der Waals surface area (Å²) in [4.78, 5) is 57.4. The fourth-order valence-electron chi connectivity index (χ4n) is 6.33. The number of hydrogen-bond acceptors (Lipinski definition) is 12. The van der Waals surface area contributed by atoms with E-state index in [2.05, 4.69) is 40.5 Å². The number of amides is 2. The highest BCUT2D eigenvalue weighted by molar-refractivity contribution is 7.23. The molecule has 6 aromatic heterocycles. The maximum absolute atomic E-state index is 13.0. The summed E-state index contributed by atoms with van der Waals surface area (Å²) in [6, 6.07) is 11.5. The van der Waals surface area contributed by atoms with E-state index >= 15 is 0 Å². The Morgan fingerprint density at radius 3 is 1.63 bits per heavy atom. The van der Waals surface area contributed by atoms with Gasteiger partial charge in [0.25, 0.3) is 11.8 Å². The lowest BCUT2D eigenvalue weighted by molar-refractivity contribution is 0.0782. The second-order valence-electron chi connectivity index (χ2n) is 12.9. The quantitative estimate of drug-likeness (QED) is 0.157. The predicted molar refractivity (Wildman–Crippen MR) is 207 cm³/mol. The monoisotopic (exact) mass is 754 g/mol. The number of thiophene rings is 2. The van der Waals surface area contributed by atoms with E-state index in [4.69, 9.17) is 11.6 Å². The predicted octanol–water partition coefficient (Wildman–Crippen LogP) is 7.95. The van der Waals surface area contributed by atoms with Crippen LogP contribution in [0.2, 0.25) is 4.34 Å². The number of hydrogen-bond donors (Lipinski definition) is 2. The molecular formula is C37H39ClN10O2S2. The Kier molecular flexibility index (Phi) is 10.8. The summed E-state index contributed by atoms with van der Waals surface area (Å²) >= 11 is 9.10. The number of anilines is 2. The summed E-state index contributed by atoms with van der Waals surface area (Å²) in [5.74, 6) is 0.861. The van der Waals surface area contributed by atoms with E-state index in [0.29, 0.717) is 33.1 Å². The van der Waals surface area contributed by atoms with Crippen molar-refractivity contribution in [2.45, 2.75) is 58.5 Å². The molecule has 0 aromatic carbocycles. The minimum atomic E-state index is -0.0505. The molecule has 6 aromatic rings. The van der Waals surface area contributed by atoms with Gasteiger partial charge in [0.2, 0.25) is 11.9 Å². The van der Waals surface area contributed by atoms with E-state index in [0.717, 1.165) is 82.8 Å². The lowest BCUT2D eigenvalue weighted by Gasteiger charge is -2.17. The zero-order valence-corrected chi connectivity index (χ0v) is 31.6. The van der Waals surface area contributed by atoms with Gasteiger partial charge in [0.05, 0.1) is 36.9 Å². The second kappa shape index (κ2) is 15.8. The zero-order chi connectivity index (χ0) is 36.2. The molecule has 8 rings (SSSR count). The van der Waals surface area contributed by atoms with Gasteiger partial charge in [-0.05, 0) is 81.8 Å². The van der Waals surface area contributed by atoms with Gasteiger partial charge >= 0.3 is 0 Å². The van der Waals surface area contributed by atoms with E-state index in [-0.39, 0.29) is 23.9 Å². The lowest BCUT2D eigenvalue weighted by atomic mass is 10.1. The van der Waals surface area contributed by atoms with Crippen LogP contribution in [0.15, 0.2) is 61.2 Å². The van der Waals surface area contributed by atoms with Crippen molar-refractivity contribution in [1.29, 1.82) is 0 Å². The Morgan fingerprint density at radius 2 is 1.17 bits per heavy atom. The van der Waals surface area contributed by atoms with Crippen LogP contribution in [0.3, 0.4) is 0 Å². The molecular weight excluding hydrogens is 716 g/mol. The maximum atomic E-state index is 13.0. The van der Waals surface area contributed by atoms with E-state index < -0.39 is 0 Å². The smallest absolute Gasteiger partial charge is 0.274 e. The van der Waals surface area contributed by atoms with Gasteiger partial charge < -0.3 is 20.4 Å². The fraction of sp³-hybridized carbons (Fsp3) is 0.351. The van der Waals surface area contributed by atoms with Crippen LogP contribution in [0.25, 0.3) is 20.4 Å². The third-order valence-electron chi connectivity index (χ3n) is 9.09. The second-order valence-corrected chi connectivity index (χ2v) is 15.9. The molecule has 0 aliphatic carbocycles. The molecule has 0 radical (unpaired) electrons. The van der Waals surface area contributed by atoms with E-state index in [1.165, 1.54) is 11.3 Å². The molecule has 0 bridgehead atoms. The van der Waals surface area contributed by atoms with Crippen LogP contribution < -0.4 is 10.6 Å². The van der Waals surface area contributed by atoms with Gasteiger partial charge in [-0.2, -0.15) is 0 Å². The standard InChI is InChI=1S/C19H21N5OS.C18H18ClN5OS/c1-12-10-15-17(26-12)16(18(25)24-8-3-4-9-24)23-19(22-15)21-13(2)14-6-5-7-20-11-14;1-11(12-5-4-6-20-10-12)21-18-22-13-9-14(19)26-16(13)15(23-18)17(25)24-7-2-3-8-24/h5-7,10-11,13H,3-4,8-9H2,1-2H3,(H,21,22,23);4-6,9-11H,2-3,7-8H2,1H3,(H,21,22,23)/t13-;11-/m00/s1. The summed E-state index contributed by atoms with van der Waals surface area (Å²) in [5.41, 5.74) is 4.52. The molecule has 8 heterocycles. The van der Waals surface area contributed by atoms with Crippen LogP contribution in [0, 0.1) is 6.92 Å². The summed E-state index contributed by atoms with van der Waals surface area (Å²) in [5, 5.41) is 6.59. The van der Waals surface area contributed by atoms with Crippen LogP contribution in [0.4, 0.5) is 11.9 Å². The van der Waals surface area contributed by atoms with Crippen molar-refractivity contribution < 1.29 is 9.59 Å². The van der Waals surface area contributed by atoms with Gasteiger partial charge in [0.15, 0.2) is 11.4 Å². The Bertz CT molecular complexity index is 2030. The molecule has 15 heteroatoms. The molecule has 2 saturated heterocycles. The molecule has 2 aliphatic rings. The molecule has 52 heavy (non-hydrogen) atoms. The number of pyridine rings is 2. The normalized spacial score (nSPS) is 15.4. The number of carbonyl (C=O) groups is 2. The highest BCUT2D eigenvalue weighted by atomic mass is 35.5. The number of likely N-dealkylation sites (tertiary alicyclic amines) is 2. The molecule has 268 valence electrons. The SMILES string of the molecule is C[C@H](Nc1nc(C(=O)N2CCCC2)c2sc(Cl)cc2n1)c1cccnc1.Cc1cc2nc(N[C@@H](C)c3cccnc3)nc(C(=O)N3CCCC3)c2s1. The average Bonchev–Trinajstić information content (AvgIpc) is 3.99. The first kappa shape index (κ1) is 35.6. The Balaban J connectivity index is 0.000000162. The number of nitrogens with one attached hydrogen (secondary N) is 2. The molecule has 0 unspecified atom stereocenters. The summed E-state index contributed by atoms with van der Waals surface area (Å²) in [7, 11) is 0. The van der Waals surface area contributed by atoms with Crippen LogP contribution in [-0.4, -0.2) is 77.7 Å². The summed E-state index contributed by atoms with van der Waals surface area (Å²) in [6.07, 6.45) is 11.3. The topological polar surface area (TPSA) is 142 Å². The molecule has 0 saturated carbocycles. The van der Waals surface area contributed by atoms with Crippen LogP contribution in [0.1, 0.15) is 88.6 Å². The first-order valence-electron chi connectivity index (χ1n) is 17.4. The molecule has 2 aliphatic heterocycles. The Morgan fingerprint density at radius 1 is 0.712 bits per heavy atom. The van der Waals surface area contributed by atoms with Gasteiger partial charge in [-0.15, -0.1) is 22.7 Å². The largest absolute Gasteiger partial charge is 0.348 e. The van der Waals surface area contributed by atoms with E-state index in [9.17, 15) is 9.59 Å². The Hall–Kier alpha value is -4.79. The third-order valence-corrected chi connectivity index (χ3v) is 11.4. The van der Waals surface area contributed by atoms with Crippen molar-refractivity contribution in [1.82, 2.24) is 39.7 Å². The van der Waals surface area contributed by atoms with Crippen molar-refractivity contribution >= 4 is 78.4 Å². The number of rotatable bonds is 8. The van der Waals surface area contributed by atoms with Gasteiger partial charge in [-0.1, -0.05) is 23.7 Å². The molecule has 0 spiro atoms. The van der Waals surface area contributed by atoms with Crippen molar-refractivity contribution in [3.05, 3.63) is 92.9 Å². The minimum absolute atomic E-state index is 0.00405. The van der Waals surface area contributed by atoms with Gasteiger partial charge in [-0.3, -0.25) is 19.6 Å². The molecule has 2 fully saturated rings. The van der Waals surface area contributed by atoms with Crippen molar-refractivity contribution in [2.75, 3.05) is 36.8 Å². The number of fused-ring (bicyclic) bond motifs is 2. The van der Waals surface area contributed by atoms with Crippen LogP contribution in [0.5, 0.6) is 0 Å². The lowest BCUT2D eigenvalue weighted by Crippen LogP contribution is -2.28.